The zero-order valence-electron chi connectivity index (χ0n) is 8.84. The number of nitrogens with zero attached hydrogens (tertiary/aromatic N) is 1. The Morgan fingerprint density at radius 2 is 2.50 bits per heavy atom. The second-order valence-electron chi connectivity index (χ2n) is 2.80. The molecule has 0 atom stereocenters. The van der Waals surface area contributed by atoms with Gasteiger partial charge in [0, 0.05) is 0 Å². The van der Waals surface area contributed by atoms with Crippen molar-refractivity contribution in [1.29, 1.82) is 0 Å². The summed E-state index contributed by atoms with van der Waals surface area (Å²) in [6.45, 7) is 8.83. The highest BCUT2D eigenvalue weighted by Crippen LogP contribution is 2.08. The SMILES string of the molecule is [C-]#[N+]/C(=C\C=C\c1ccsc1)C(=O)OCC. The normalized spacial score (nSPS) is 11.4. The smallest absolute Gasteiger partial charge is 0.336 e. The lowest BCUT2D eigenvalue weighted by atomic mass is 10.3. The molecule has 0 N–H and O–H groups in total. The summed E-state index contributed by atoms with van der Waals surface area (Å²) in [6, 6.07) is 1.96. The van der Waals surface area contributed by atoms with Gasteiger partial charge in [-0.3, -0.25) is 4.79 Å². The average Bonchev–Trinajstić information content (AvgIpc) is 2.77. The zero-order valence-corrected chi connectivity index (χ0v) is 9.66. The summed E-state index contributed by atoms with van der Waals surface area (Å²) in [7, 11) is 0. The van der Waals surface area contributed by atoms with Gasteiger partial charge in [-0.15, -0.1) is 0 Å². The van der Waals surface area contributed by atoms with E-state index in [1.54, 1.807) is 24.3 Å². The lowest BCUT2D eigenvalue weighted by Crippen LogP contribution is -2.04. The molecular formula is C12H11NO2S. The molecule has 3 nitrogen and oxygen atoms in total. The van der Waals surface area contributed by atoms with Crippen molar-refractivity contribution < 1.29 is 9.53 Å². The molecule has 1 aromatic heterocycles. The van der Waals surface area contributed by atoms with Gasteiger partial charge in [-0.05, 0) is 35.4 Å². The molecule has 0 aromatic carbocycles. The van der Waals surface area contributed by atoms with Gasteiger partial charge < -0.3 is 4.74 Å². The second kappa shape index (κ2) is 6.59. The summed E-state index contributed by atoms with van der Waals surface area (Å²) in [5.41, 5.74) is 1.04. The molecule has 16 heavy (non-hydrogen) atoms. The van der Waals surface area contributed by atoms with Crippen molar-refractivity contribution in [1.82, 2.24) is 0 Å². The summed E-state index contributed by atoms with van der Waals surface area (Å²) in [4.78, 5) is 14.3. The maximum Gasteiger partial charge on any atom is 0.336 e. The molecule has 0 unspecified atom stereocenters. The minimum atomic E-state index is -0.576. The molecule has 0 fully saturated rings. The highest BCUT2D eigenvalue weighted by Gasteiger charge is 2.08. The number of carbonyl (C=O) groups excluding carboxylic acids is 1. The molecule has 0 aliphatic rings. The fraction of sp³-hybridized carbons (Fsp3) is 0.167. The van der Waals surface area contributed by atoms with Gasteiger partial charge in [0.25, 0.3) is 5.70 Å². The van der Waals surface area contributed by atoms with Gasteiger partial charge in [-0.25, -0.2) is 4.85 Å². The Hall–Kier alpha value is -1.86. The van der Waals surface area contributed by atoms with Gasteiger partial charge in [0.2, 0.25) is 0 Å². The number of ether oxygens (including phenoxy) is 1. The van der Waals surface area contributed by atoms with E-state index in [0.29, 0.717) is 0 Å². The second-order valence-corrected chi connectivity index (χ2v) is 3.58. The molecule has 82 valence electrons. The molecule has 0 aliphatic heterocycles. The van der Waals surface area contributed by atoms with E-state index in [1.807, 2.05) is 22.9 Å². The standard InChI is InChI=1S/C12H11NO2S/c1-3-15-12(14)11(13-2)6-4-5-10-7-8-16-9-10/h4-9H,3H2,1H3/b5-4+,11-6-. The highest BCUT2D eigenvalue weighted by atomic mass is 32.1. The summed E-state index contributed by atoms with van der Waals surface area (Å²) < 4.78 is 4.73. The van der Waals surface area contributed by atoms with E-state index in [0.717, 1.165) is 5.56 Å². The van der Waals surface area contributed by atoms with Crippen LogP contribution in [-0.4, -0.2) is 12.6 Å². The van der Waals surface area contributed by atoms with Crippen LogP contribution in [0.3, 0.4) is 0 Å². The Labute approximate surface area is 98.5 Å². The molecule has 0 bridgehead atoms. The first-order chi connectivity index (χ1) is 7.77. The molecule has 1 rings (SSSR count). The van der Waals surface area contributed by atoms with Crippen LogP contribution in [0.15, 0.2) is 34.7 Å². The lowest BCUT2D eigenvalue weighted by molar-refractivity contribution is -0.138. The van der Waals surface area contributed by atoms with Gasteiger partial charge in [0.1, 0.15) is 0 Å². The maximum absolute atomic E-state index is 11.2. The summed E-state index contributed by atoms with van der Waals surface area (Å²) in [5.74, 6) is -0.576. The molecule has 0 saturated heterocycles. The first-order valence-corrected chi connectivity index (χ1v) is 5.67. The summed E-state index contributed by atoms with van der Waals surface area (Å²) in [6.07, 6.45) is 4.97. The first kappa shape index (κ1) is 12.2. The molecular weight excluding hydrogens is 222 g/mol. The van der Waals surface area contributed by atoms with Crippen molar-refractivity contribution in [2.75, 3.05) is 6.61 Å². The number of carbonyl (C=O) groups is 1. The first-order valence-electron chi connectivity index (χ1n) is 4.73. The molecule has 0 radical (unpaired) electrons. The van der Waals surface area contributed by atoms with E-state index in [2.05, 4.69) is 4.85 Å². The number of esters is 1. The summed E-state index contributed by atoms with van der Waals surface area (Å²) in [5, 5.41) is 3.94. The van der Waals surface area contributed by atoms with Gasteiger partial charge in [0.05, 0.1) is 13.2 Å². The zero-order chi connectivity index (χ0) is 11.8. The van der Waals surface area contributed by atoms with E-state index in [1.165, 1.54) is 6.08 Å². The molecule has 0 saturated carbocycles. The third-order valence-electron chi connectivity index (χ3n) is 1.69. The van der Waals surface area contributed by atoms with Gasteiger partial charge in [-0.1, -0.05) is 12.2 Å². The fourth-order valence-electron chi connectivity index (χ4n) is 0.976. The third-order valence-corrected chi connectivity index (χ3v) is 2.39. The number of hydrogen-bond acceptors (Lipinski definition) is 3. The predicted octanol–water partition coefficient (Wildman–Crippen LogP) is 3.13. The Morgan fingerprint density at radius 1 is 1.69 bits per heavy atom. The van der Waals surface area contributed by atoms with Crippen molar-refractivity contribution in [3.8, 4) is 0 Å². The molecule has 4 heteroatoms. The van der Waals surface area contributed by atoms with Crippen LogP contribution in [0.2, 0.25) is 0 Å². The van der Waals surface area contributed by atoms with E-state index in [4.69, 9.17) is 11.3 Å². The molecule has 1 aromatic rings. The number of rotatable bonds is 4. The molecule has 0 aliphatic carbocycles. The van der Waals surface area contributed by atoms with Gasteiger partial charge in [-0.2, -0.15) is 11.3 Å². The topological polar surface area (TPSA) is 30.7 Å². The number of thiophene rings is 1. The fourth-order valence-corrected chi connectivity index (χ4v) is 1.60. The minimum Gasteiger partial charge on any atom is -0.471 e. The molecule has 0 amide bonds. The van der Waals surface area contributed by atoms with Crippen molar-refractivity contribution in [3.05, 3.63) is 51.7 Å². The Morgan fingerprint density at radius 3 is 3.06 bits per heavy atom. The van der Waals surface area contributed by atoms with Crippen LogP contribution in [0, 0.1) is 6.57 Å². The number of allylic oxidation sites excluding steroid dienone is 2. The van der Waals surface area contributed by atoms with Crippen molar-refractivity contribution in [3.63, 3.8) is 0 Å². The molecule has 0 spiro atoms. The predicted molar refractivity (Wildman–Crippen MR) is 64.7 cm³/mol. The van der Waals surface area contributed by atoms with Crippen molar-refractivity contribution in [2.24, 2.45) is 0 Å². The van der Waals surface area contributed by atoms with Crippen LogP contribution < -0.4 is 0 Å². The Kier molecular flexibility index (Phi) is 5.03. The Bertz CT molecular complexity index is 438. The molecule has 1 heterocycles. The van der Waals surface area contributed by atoms with E-state index in [-0.39, 0.29) is 12.3 Å². The van der Waals surface area contributed by atoms with E-state index < -0.39 is 5.97 Å². The van der Waals surface area contributed by atoms with Crippen LogP contribution in [0.5, 0.6) is 0 Å². The average molecular weight is 233 g/mol. The van der Waals surface area contributed by atoms with Crippen LogP contribution in [0.4, 0.5) is 0 Å². The van der Waals surface area contributed by atoms with E-state index in [9.17, 15) is 4.79 Å². The highest BCUT2D eigenvalue weighted by molar-refractivity contribution is 7.08. The third kappa shape index (κ3) is 3.71. The van der Waals surface area contributed by atoms with Crippen LogP contribution in [-0.2, 0) is 9.53 Å². The van der Waals surface area contributed by atoms with Crippen molar-refractivity contribution >= 4 is 23.4 Å². The van der Waals surface area contributed by atoms with Crippen LogP contribution >= 0.6 is 11.3 Å². The monoisotopic (exact) mass is 233 g/mol. The van der Waals surface area contributed by atoms with Gasteiger partial charge >= 0.3 is 5.97 Å². The van der Waals surface area contributed by atoms with Crippen molar-refractivity contribution in [2.45, 2.75) is 6.92 Å². The largest absolute Gasteiger partial charge is 0.471 e. The van der Waals surface area contributed by atoms with Crippen LogP contribution in [0.1, 0.15) is 12.5 Å². The summed E-state index contributed by atoms with van der Waals surface area (Å²) >= 11 is 1.59. The maximum atomic E-state index is 11.2. The minimum absolute atomic E-state index is 0.00618. The Balaban J connectivity index is 2.67. The van der Waals surface area contributed by atoms with Crippen LogP contribution in [0.25, 0.3) is 10.9 Å². The van der Waals surface area contributed by atoms with E-state index >= 15 is 0 Å². The van der Waals surface area contributed by atoms with Gasteiger partial charge in [0.15, 0.2) is 0 Å². The quantitative estimate of drug-likeness (QED) is 0.346. The number of hydrogen-bond donors (Lipinski definition) is 0. The lowest BCUT2D eigenvalue weighted by Gasteiger charge is -1.97.